The van der Waals surface area contributed by atoms with Gasteiger partial charge < -0.3 is 35.2 Å². The number of hydrogen-bond acceptors (Lipinski definition) is 8. The van der Waals surface area contributed by atoms with E-state index >= 15 is 0 Å². The van der Waals surface area contributed by atoms with Gasteiger partial charge in [-0.2, -0.15) is 0 Å². The summed E-state index contributed by atoms with van der Waals surface area (Å²) in [6.07, 6.45) is 4.34. The highest BCUT2D eigenvalue weighted by atomic mass is 16.5. The van der Waals surface area contributed by atoms with Crippen LogP contribution in [0.4, 0.5) is 0 Å². The minimum Gasteiger partial charge on any atom is -0.490 e. The van der Waals surface area contributed by atoms with Crippen molar-refractivity contribution in [1.82, 2.24) is 10.6 Å². The van der Waals surface area contributed by atoms with Crippen molar-refractivity contribution in [2.75, 3.05) is 33.7 Å². The molecule has 2 heterocycles. The molecule has 0 saturated carbocycles. The lowest BCUT2D eigenvalue weighted by Gasteiger charge is -2.25. The standard InChI is InChI=1S/C24H36BN3O7/c1-16(2)12-20-23(30)28-21(24(31)32-3)14-33-10-4-5-11-34-18-8-6-17(7-9-18)13-19(22(29)27-20)25-35-15-26/h4-9,16,19-21,25H,10-15,26H2,1-3H3,(H,27,29)(H,28,30)/b5-4-/t19-,20-,21-/m0/s1. The van der Waals surface area contributed by atoms with Gasteiger partial charge in [-0.05, 0) is 42.5 Å². The number of methoxy groups -OCH3 is 1. The fourth-order valence-electron chi connectivity index (χ4n) is 3.55. The maximum atomic E-state index is 13.2. The summed E-state index contributed by atoms with van der Waals surface area (Å²) in [4.78, 5) is 38.6. The molecule has 0 aromatic heterocycles. The van der Waals surface area contributed by atoms with Crippen LogP contribution in [0.3, 0.4) is 0 Å². The van der Waals surface area contributed by atoms with Gasteiger partial charge in [0.25, 0.3) is 7.48 Å². The summed E-state index contributed by atoms with van der Waals surface area (Å²) in [7, 11) is 1.33. The van der Waals surface area contributed by atoms with Crippen molar-refractivity contribution in [1.29, 1.82) is 0 Å². The molecule has 0 saturated heterocycles. The number of benzene rings is 1. The van der Waals surface area contributed by atoms with Gasteiger partial charge in [-0.1, -0.05) is 32.1 Å². The van der Waals surface area contributed by atoms with Crippen LogP contribution in [0.1, 0.15) is 25.8 Å². The lowest BCUT2D eigenvalue weighted by atomic mass is 9.75. The first kappa shape index (κ1) is 28.4. The first-order chi connectivity index (χ1) is 16.8. The highest BCUT2D eigenvalue weighted by Crippen LogP contribution is 2.19. The first-order valence-electron chi connectivity index (χ1n) is 11.7. The van der Waals surface area contributed by atoms with Crippen molar-refractivity contribution in [2.45, 2.75) is 44.6 Å². The van der Waals surface area contributed by atoms with Gasteiger partial charge in [-0.3, -0.25) is 9.59 Å². The molecule has 2 bridgehead atoms. The van der Waals surface area contributed by atoms with Gasteiger partial charge in [-0.15, -0.1) is 0 Å². The van der Waals surface area contributed by atoms with Crippen molar-refractivity contribution in [3.8, 4) is 5.75 Å². The van der Waals surface area contributed by atoms with Crippen LogP contribution in [-0.2, 0) is 34.9 Å². The minimum absolute atomic E-state index is 0.0270. The van der Waals surface area contributed by atoms with Crippen LogP contribution < -0.4 is 21.1 Å². The molecule has 0 aliphatic carbocycles. The van der Waals surface area contributed by atoms with E-state index in [2.05, 4.69) is 10.6 Å². The molecule has 10 nitrogen and oxygen atoms in total. The van der Waals surface area contributed by atoms with Gasteiger partial charge in [0.05, 0.1) is 27.1 Å². The van der Waals surface area contributed by atoms with Gasteiger partial charge in [0.1, 0.15) is 18.4 Å². The summed E-state index contributed by atoms with van der Waals surface area (Å²) >= 11 is 0. The number of carbonyl (C=O) groups is 3. The van der Waals surface area contributed by atoms with E-state index in [-0.39, 0.29) is 39.3 Å². The topological polar surface area (TPSA) is 138 Å². The normalized spacial score (nSPS) is 23.2. The highest BCUT2D eigenvalue weighted by molar-refractivity contribution is 6.37. The SMILES string of the molecule is COC(=O)[C@@H]1COC/C=C\COc2ccc(cc2)C[C@H](BOCN)C(=O)N[C@@H](CC(C)C)C(=O)N1. The lowest BCUT2D eigenvalue weighted by molar-refractivity contribution is -0.147. The van der Waals surface area contributed by atoms with Crippen LogP contribution in [-0.4, -0.2) is 71.0 Å². The van der Waals surface area contributed by atoms with Crippen molar-refractivity contribution < 1.29 is 33.2 Å². The molecule has 2 aliphatic heterocycles. The van der Waals surface area contributed by atoms with Gasteiger partial charge in [0, 0.05) is 5.82 Å². The number of nitrogens with two attached hydrogens (primary N) is 1. The predicted molar refractivity (Wildman–Crippen MR) is 132 cm³/mol. The largest absolute Gasteiger partial charge is 0.490 e. The fourth-order valence-corrected chi connectivity index (χ4v) is 3.55. The van der Waals surface area contributed by atoms with E-state index < -0.39 is 29.8 Å². The number of fused-ring (bicyclic) bond motifs is 15. The molecule has 0 fully saturated rings. The molecular weight excluding hydrogens is 453 g/mol. The summed E-state index contributed by atoms with van der Waals surface area (Å²) in [5, 5.41) is 5.50. The van der Waals surface area contributed by atoms with Crippen molar-refractivity contribution in [3.05, 3.63) is 42.0 Å². The molecule has 0 radical (unpaired) electrons. The van der Waals surface area contributed by atoms with Gasteiger partial charge >= 0.3 is 5.97 Å². The zero-order chi connectivity index (χ0) is 25.6. The lowest BCUT2D eigenvalue weighted by Crippen LogP contribution is -2.54. The second-order valence-corrected chi connectivity index (χ2v) is 8.68. The maximum Gasteiger partial charge on any atom is 0.330 e. The molecule has 1 aromatic carbocycles. The summed E-state index contributed by atoms with van der Waals surface area (Å²) in [6, 6.07) is 5.58. The predicted octanol–water partition coefficient (Wildman–Crippen LogP) is 0.456. The molecule has 4 N–H and O–H groups in total. The summed E-state index contributed by atoms with van der Waals surface area (Å²) in [6.45, 7) is 4.34. The number of amides is 2. The average Bonchev–Trinajstić information content (AvgIpc) is 2.84. The third-order valence-electron chi connectivity index (χ3n) is 5.37. The van der Waals surface area contributed by atoms with E-state index in [1.54, 1.807) is 12.2 Å². The summed E-state index contributed by atoms with van der Waals surface area (Å²) in [5.74, 6) is -1.24. The Morgan fingerprint density at radius 1 is 1.14 bits per heavy atom. The van der Waals surface area contributed by atoms with Gasteiger partial charge in [0.2, 0.25) is 11.8 Å². The molecule has 3 rings (SSSR count). The Bertz CT molecular complexity index is 848. The third kappa shape index (κ3) is 10.1. The third-order valence-corrected chi connectivity index (χ3v) is 5.37. The molecular formula is C24H36BN3O7. The molecule has 0 unspecified atom stereocenters. The highest BCUT2D eigenvalue weighted by Gasteiger charge is 2.30. The Labute approximate surface area is 207 Å². The van der Waals surface area contributed by atoms with Crippen molar-refractivity contribution in [2.24, 2.45) is 11.7 Å². The molecule has 3 atom stereocenters. The molecule has 2 amide bonds. The quantitative estimate of drug-likeness (QED) is 0.172. The fraction of sp³-hybridized carbons (Fsp3) is 0.542. The van der Waals surface area contributed by atoms with Crippen LogP contribution in [0.5, 0.6) is 5.75 Å². The molecule has 11 heteroatoms. The van der Waals surface area contributed by atoms with E-state index in [9.17, 15) is 14.4 Å². The Morgan fingerprint density at radius 2 is 1.86 bits per heavy atom. The minimum atomic E-state index is -1.02. The number of esters is 1. The monoisotopic (exact) mass is 489 g/mol. The number of hydrogen-bond donors (Lipinski definition) is 3. The zero-order valence-electron chi connectivity index (χ0n) is 20.7. The van der Waals surface area contributed by atoms with Crippen LogP contribution in [0, 0.1) is 5.92 Å². The van der Waals surface area contributed by atoms with Crippen LogP contribution in [0.2, 0.25) is 5.82 Å². The van der Waals surface area contributed by atoms with E-state index in [1.165, 1.54) is 7.11 Å². The van der Waals surface area contributed by atoms with Crippen molar-refractivity contribution in [3.63, 3.8) is 0 Å². The number of rotatable bonds is 6. The van der Waals surface area contributed by atoms with Crippen molar-refractivity contribution >= 4 is 25.3 Å². The smallest absolute Gasteiger partial charge is 0.330 e. The summed E-state index contributed by atoms with van der Waals surface area (Å²) in [5.41, 5.74) is 6.40. The number of ether oxygens (including phenoxy) is 3. The molecule has 2 aliphatic rings. The second kappa shape index (κ2) is 15.2. The Balaban J connectivity index is 2.30. The van der Waals surface area contributed by atoms with Crippen LogP contribution in [0.15, 0.2) is 36.4 Å². The second-order valence-electron chi connectivity index (χ2n) is 8.68. The molecule has 0 spiro atoms. The Kier molecular flexibility index (Phi) is 12.3. The average molecular weight is 489 g/mol. The first-order valence-corrected chi connectivity index (χ1v) is 11.7. The Morgan fingerprint density at radius 3 is 2.51 bits per heavy atom. The Hall–Kier alpha value is -2.89. The molecule has 192 valence electrons. The van der Waals surface area contributed by atoms with E-state index in [4.69, 9.17) is 24.6 Å². The zero-order valence-corrected chi connectivity index (χ0v) is 20.7. The number of nitrogens with one attached hydrogen (secondary N) is 2. The van der Waals surface area contributed by atoms with Gasteiger partial charge in [0.15, 0.2) is 6.04 Å². The molecule has 35 heavy (non-hydrogen) atoms. The van der Waals surface area contributed by atoms with E-state index in [0.717, 1.165) is 5.56 Å². The summed E-state index contributed by atoms with van der Waals surface area (Å²) < 4.78 is 21.4. The van der Waals surface area contributed by atoms with E-state index in [0.29, 0.717) is 25.2 Å². The van der Waals surface area contributed by atoms with Crippen LogP contribution in [0.25, 0.3) is 0 Å². The number of carbonyl (C=O) groups excluding carboxylic acids is 3. The molecule has 1 aromatic rings. The van der Waals surface area contributed by atoms with E-state index in [1.807, 2.05) is 38.1 Å². The van der Waals surface area contributed by atoms with Gasteiger partial charge in [-0.25, -0.2) is 4.79 Å². The maximum absolute atomic E-state index is 13.2. The van der Waals surface area contributed by atoms with Crippen LogP contribution >= 0.6 is 0 Å².